The fourth-order valence-electron chi connectivity index (χ4n) is 3.93. The molecule has 1 saturated heterocycles. The molecule has 0 atom stereocenters. The predicted molar refractivity (Wildman–Crippen MR) is 109 cm³/mol. The van der Waals surface area contributed by atoms with Crippen LogP contribution in [0.2, 0.25) is 0 Å². The van der Waals surface area contributed by atoms with Crippen LogP contribution in [0.3, 0.4) is 0 Å². The van der Waals surface area contributed by atoms with E-state index in [0.29, 0.717) is 38.4 Å². The van der Waals surface area contributed by atoms with E-state index >= 15 is 0 Å². The van der Waals surface area contributed by atoms with Crippen molar-refractivity contribution in [3.05, 3.63) is 41.7 Å². The van der Waals surface area contributed by atoms with Crippen molar-refractivity contribution in [3.63, 3.8) is 0 Å². The molecule has 2 amide bonds. The van der Waals surface area contributed by atoms with Gasteiger partial charge in [0.25, 0.3) is 0 Å². The van der Waals surface area contributed by atoms with Crippen molar-refractivity contribution in [1.82, 2.24) is 9.80 Å². The summed E-state index contributed by atoms with van der Waals surface area (Å²) >= 11 is 0. The summed E-state index contributed by atoms with van der Waals surface area (Å²) in [5.41, 5.74) is 1.99. The number of hydrogen-bond donors (Lipinski definition) is 0. The molecular formula is C22H30FN3O2. The van der Waals surface area contributed by atoms with E-state index in [2.05, 4.69) is 6.08 Å². The average Bonchev–Trinajstić information content (AvgIpc) is 2.72. The Balaban J connectivity index is 1.50. The zero-order chi connectivity index (χ0) is 19.9. The minimum absolute atomic E-state index is 0.0268. The van der Waals surface area contributed by atoms with Gasteiger partial charge in [-0.1, -0.05) is 23.8 Å². The molecule has 0 unspecified atom stereocenters. The number of rotatable bonds is 6. The summed E-state index contributed by atoms with van der Waals surface area (Å²) in [7, 11) is 0. The van der Waals surface area contributed by atoms with Crippen LogP contribution in [-0.4, -0.2) is 60.9 Å². The number of allylic oxidation sites excluding steroid dienone is 1. The first kappa shape index (κ1) is 20.4. The van der Waals surface area contributed by atoms with Crippen molar-refractivity contribution >= 4 is 17.5 Å². The number of carbonyl (C=O) groups excluding carboxylic acids is 2. The predicted octanol–water partition coefficient (Wildman–Crippen LogP) is 3.21. The maximum absolute atomic E-state index is 14.0. The number of para-hydroxylation sites is 1. The Morgan fingerprint density at radius 3 is 2.50 bits per heavy atom. The Bertz CT molecular complexity index is 726. The van der Waals surface area contributed by atoms with Crippen LogP contribution in [0.15, 0.2) is 35.9 Å². The minimum Gasteiger partial charge on any atom is -0.366 e. The Morgan fingerprint density at radius 2 is 1.86 bits per heavy atom. The zero-order valence-corrected chi connectivity index (χ0v) is 16.7. The highest BCUT2D eigenvalue weighted by Crippen LogP contribution is 2.21. The third kappa shape index (κ3) is 5.33. The van der Waals surface area contributed by atoms with Gasteiger partial charge >= 0.3 is 0 Å². The number of benzene rings is 1. The summed E-state index contributed by atoms with van der Waals surface area (Å²) in [5, 5.41) is 0. The van der Waals surface area contributed by atoms with Crippen LogP contribution in [0, 0.1) is 5.82 Å². The molecule has 1 aromatic carbocycles. The third-order valence-electron chi connectivity index (χ3n) is 5.68. The Labute approximate surface area is 166 Å². The van der Waals surface area contributed by atoms with Crippen molar-refractivity contribution in [1.29, 1.82) is 0 Å². The highest BCUT2D eigenvalue weighted by Gasteiger charge is 2.24. The number of piperazine rings is 1. The molecule has 0 radical (unpaired) electrons. The van der Waals surface area contributed by atoms with Crippen LogP contribution in [0.1, 0.15) is 39.0 Å². The second kappa shape index (κ2) is 9.71. The number of anilines is 1. The van der Waals surface area contributed by atoms with E-state index < -0.39 is 0 Å². The Hall–Kier alpha value is -2.37. The van der Waals surface area contributed by atoms with Crippen molar-refractivity contribution in [2.75, 3.05) is 44.2 Å². The number of nitrogens with zero attached hydrogens (tertiary/aromatic N) is 3. The van der Waals surface area contributed by atoms with Gasteiger partial charge in [0.1, 0.15) is 5.82 Å². The lowest BCUT2D eigenvalue weighted by molar-refractivity contribution is -0.139. The van der Waals surface area contributed by atoms with E-state index in [1.807, 2.05) is 11.0 Å². The highest BCUT2D eigenvalue weighted by atomic mass is 19.1. The largest absolute Gasteiger partial charge is 0.366 e. The molecule has 0 bridgehead atoms. The molecule has 0 N–H and O–H groups in total. The molecule has 2 aliphatic rings. The van der Waals surface area contributed by atoms with Gasteiger partial charge in [-0.25, -0.2) is 4.39 Å². The van der Waals surface area contributed by atoms with Crippen molar-refractivity contribution in [2.45, 2.75) is 39.0 Å². The van der Waals surface area contributed by atoms with E-state index in [0.717, 1.165) is 19.3 Å². The molecule has 1 aliphatic heterocycles. The highest BCUT2D eigenvalue weighted by molar-refractivity contribution is 5.84. The molecular weight excluding hydrogens is 357 g/mol. The van der Waals surface area contributed by atoms with E-state index in [-0.39, 0.29) is 24.2 Å². The van der Waals surface area contributed by atoms with Crippen molar-refractivity contribution in [3.8, 4) is 0 Å². The lowest BCUT2D eigenvalue weighted by Gasteiger charge is -2.37. The molecule has 28 heavy (non-hydrogen) atoms. The van der Waals surface area contributed by atoms with Gasteiger partial charge in [-0.3, -0.25) is 9.59 Å². The quantitative estimate of drug-likeness (QED) is 0.704. The van der Waals surface area contributed by atoms with Crippen LogP contribution < -0.4 is 4.90 Å². The minimum atomic E-state index is -0.234. The van der Waals surface area contributed by atoms with Gasteiger partial charge in [0.05, 0.1) is 12.2 Å². The first-order valence-electron chi connectivity index (χ1n) is 10.3. The number of carbonyl (C=O) groups is 2. The second-order valence-corrected chi connectivity index (χ2v) is 7.62. The molecule has 0 saturated carbocycles. The smallest absolute Gasteiger partial charge is 0.242 e. The fourth-order valence-corrected chi connectivity index (χ4v) is 3.93. The van der Waals surface area contributed by atoms with E-state index in [1.165, 1.54) is 31.4 Å². The molecule has 5 nitrogen and oxygen atoms in total. The zero-order valence-electron chi connectivity index (χ0n) is 16.7. The molecule has 1 aliphatic carbocycles. The normalized spacial score (nSPS) is 17.3. The standard InChI is InChI=1S/C22H30FN3O2/c1-18(27)26(12-11-19-7-3-2-4-8-19)17-22(28)25-15-13-24(14-16-25)21-10-6-5-9-20(21)23/h5-7,9-10H,2-4,8,11-17H2,1H3. The van der Waals surface area contributed by atoms with Gasteiger partial charge in [0.15, 0.2) is 0 Å². The summed E-state index contributed by atoms with van der Waals surface area (Å²) in [5.74, 6) is -0.321. The molecule has 1 heterocycles. The van der Waals surface area contributed by atoms with Gasteiger partial charge < -0.3 is 14.7 Å². The molecule has 0 aromatic heterocycles. The van der Waals surface area contributed by atoms with Crippen LogP contribution in [0.4, 0.5) is 10.1 Å². The second-order valence-electron chi connectivity index (χ2n) is 7.62. The van der Waals surface area contributed by atoms with Gasteiger partial charge in [-0.2, -0.15) is 0 Å². The maximum atomic E-state index is 14.0. The monoisotopic (exact) mass is 387 g/mol. The number of halogens is 1. The lowest BCUT2D eigenvalue weighted by atomic mass is 9.97. The van der Waals surface area contributed by atoms with Crippen LogP contribution in [0.25, 0.3) is 0 Å². The molecule has 1 fully saturated rings. The summed E-state index contributed by atoms with van der Waals surface area (Å²) < 4.78 is 14.0. The van der Waals surface area contributed by atoms with Crippen molar-refractivity contribution < 1.29 is 14.0 Å². The number of hydrogen-bond acceptors (Lipinski definition) is 3. The topological polar surface area (TPSA) is 43.9 Å². The summed E-state index contributed by atoms with van der Waals surface area (Å²) in [6.07, 6.45) is 7.84. The van der Waals surface area contributed by atoms with Crippen LogP contribution in [-0.2, 0) is 9.59 Å². The molecule has 1 aromatic rings. The van der Waals surface area contributed by atoms with E-state index in [4.69, 9.17) is 0 Å². The van der Waals surface area contributed by atoms with Gasteiger partial charge in [-0.15, -0.1) is 0 Å². The fraction of sp³-hybridized carbons (Fsp3) is 0.545. The molecule has 6 heteroatoms. The summed E-state index contributed by atoms with van der Waals surface area (Å²) in [4.78, 5) is 30.1. The summed E-state index contributed by atoms with van der Waals surface area (Å²) in [6.45, 7) is 4.54. The van der Waals surface area contributed by atoms with E-state index in [1.54, 1.807) is 21.9 Å². The Kier molecular flexibility index (Phi) is 7.06. The average molecular weight is 387 g/mol. The maximum Gasteiger partial charge on any atom is 0.242 e. The summed E-state index contributed by atoms with van der Waals surface area (Å²) in [6, 6.07) is 6.73. The first-order chi connectivity index (χ1) is 13.5. The van der Waals surface area contributed by atoms with Gasteiger partial charge in [0, 0.05) is 39.6 Å². The van der Waals surface area contributed by atoms with Gasteiger partial charge in [0.2, 0.25) is 11.8 Å². The van der Waals surface area contributed by atoms with Crippen molar-refractivity contribution in [2.24, 2.45) is 0 Å². The van der Waals surface area contributed by atoms with Crippen LogP contribution in [0.5, 0.6) is 0 Å². The first-order valence-corrected chi connectivity index (χ1v) is 10.3. The molecule has 0 spiro atoms. The number of amides is 2. The SMILES string of the molecule is CC(=O)N(CCC1=CCCCC1)CC(=O)N1CCN(c2ccccc2F)CC1. The molecule has 152 valence electrons. The third-order valence-corrected chi connectivity index (χ3v) is 5.68. The molecule has 3 rings (SSSR count). The lowest BCUT2D eigenvalue weighted by Crippen LogP contribution is -2.52. The van der Waals surface area contributed by atoms with Crippen LogP contribution >= 0.6 is 0 Å². The van der Waals surface area contributed by atoms with E-state index in [9.17, 15) is 14.0 Å². The Morgan fingerprint density at radius 1 is 1.11 bits per heavy atom. The van der Waals surface area contributed by atoms with Gasteiger partial charge in [-0.05, 0) is 44.2 Å².